The lowest BCUT2D eigenvalue weighted by atomic mass is 10.2. The summed E-state index contributed by atoms with van der Waals surface area (Å²) in [6, 6.07) is 10.7. The van der Waals surface area contributed by atoms with Crippen LogP contribution in [-0.4, -0.2) is 19.0 Å². The smallest absolute Gasteiger partial charge is 0.363 e. The van der Waals surface area contributed by atoms with E-state index < -0.39 is 5.97 Å². The van der Waals surface area contributed by atoms with Gasteiger partial charge in [-0.2, -0.15) is 0 Å². The number of hydrogen-bond acceptors (Lipinski definition) is 5. The maximum Gasteiger partial charge on any atom is 0.363 e. The Morgan fingerprint density at radius 1 is 1.29 bits per heavy atom. The molecule has 2 aromatic rings. The van der Waals surface area contributed by atoms with Crippen molar-refractivity contribution in [2.24, 2.45) is 4.99 Å². The summed E-state index contributed by atoms with van der Waals surface area (Å²) in [7, 11) is 1.57. The molecule has 1 aromatic carbocycles. The molecule has 2 heterocycles. The zero-order valence-electron chi connectivity index (χ0n) is 11.0. The summed E-state index contributed by atoms with van der Waals surface area (Å²) in [5.74, 6) is 0.983. The summed E-state index contributed by atoms with van der Waals surface area (Å²) in [5.41, 5.74) is 0.888. The minimum atomic E-state index is -0.501. The number of carbonyl (C=O) groups excluding carboxylic acids is 1. The molecule has 0 saturated carbocycles. The van der Waals surface area contributed by atoms with Crippen LogP contribution in [0.4, 0.5) is 0 Å². The topological polar surface area (TPSA) is 61.0 Å². The normalized spacial score (nSPS) is 16.0. The van der Waals surface area contributed by atoms with E-state index in [2.05, 4.69) is 27.6 Å². The number of ether oxygens (including phenoxy) is 2. The molecule has 0 N–H and O–H groups in total. The number of methoxy groups -OCH3 is 1. The molecule has 0 bridgehead atoms. The van der Waals surface area contributed by atoms with Crippen molar-refractivity contribution < 1.29 is 18.7 Å². The minimum absolute atomic E-state index is 0.207. The summed E-state index contributed by atoms with van der Waals surface area (Å²) in [6.07, 6.45) is 1.55. The Morgan fingerprint density at radius 2 is 2.14 bits per heavy atom. The fourth-order valence-electron chi connectivity index (χ4n) is 1.83. The number of esters is 1. The highest BCUT2D eigenvalue weighted by Crippen LogP contribution is 2.22. The molecule has 6 heteroatoms. The molecule has 0 atom stereocenters. The first kappa shape index (κ1) is 13.9. The van der Waals surface area contributed by atoms with Crippen LogP contribution >= 0.6 is 22.6 Å². The Kier molecular flexibility index (Phi) is 3.78. The molecule has 106 valence electrons. The van der Waals surface area contributed by atoms with Gasteiger partial charge in [-0.25, -0.2) is 9.79 Å². The van der Waals surface area contributed by atoms with E-state index in [4.69, 9.17) is 13.9 Å². The van der Waals surface area contributed by atoms with Crippen LogP contribution in [0.15, 0.2) is 51.5 Å². The number of hydrogen-bond donors (Lipinski definition) is 0. The molecule has 5 nitrogen and oxygen atoms in total. The molecule has 21 heavy (non-hydrogen) atoms. The second-order valence-electron chi connectivity index (χ2n) is 4.21. The number of rotatable bonds is 3. The fourth-order valence-corrected chi connectivity index (χ4v) is 2.26. The molecular formula is C15H10INO4. The van der Waals surface area contributed by atoms with Crippen LogP contribution < -0.4 is 4.74 Å². The van der Waals surface area contributed by atoms with Crippen LogP contribution in [0.1, 0.15) is 11.3 Å². The first-order valence-electron chi connectivity index (χ1n) is 6.08. The van der Waals surface area contributed by atoms with E-state index in [1.165, 1.54) is 0 Å². The number of cyclic esters (lactones) is 1. The van der Waals surface area contributed by atoms with E-state index in [0.717, 1.165) is 3.77 Å². The van der Waals surface area contributed by atoms with Crippen molar-refractivity contribution in [1.29, 1.82) is 0 Å². The number of furan rings is 1. The van der Waals surface area contributed by atoms with Crippen LogP contribution in [-0.2, 0) is 9.53 Å². The first-order chi connectivity index (χ1) is 10.2. The summed E-state index contributed by atoms with van der Waals surface area (Å²) in [5, 5.41) is 0. The van der Waals surface area contributed by atoms with E-state index >= 15 is 0 Å². The standard InChI is InChI=1S/C15H10INO4/c1-19-10-4-2-3-9(7-10)14-17-12(15(18)21-14)8-11-5-6-13(16)20-11/h2-8H,1H3/b12-8+. The van der Waals surface area contributed by atoms with Gasteiger partial charge < -0.3 is 13.9 Å². The number of aliphatic imine (C=N–C) groups is 1. The van der Waals surface area contributed by atoms with E-state index in [-0.39, 0.29) is 11.6 Å². The Balaban J connectivity index is 1.93. The molecule has 0 radical (unpaired) electrons. The minimum Gasteiger partial charge on any atom is -0.497 e. The molecule has 0 fully saturated rings. The predicted octanol–water partition coefficient (Wildman–Crippen LogP) is 3.24. The SMILES string of the molecule is COc1cccc(C2=N/C(=C/c3ccc(I)o3)C(=O)O2)c1. The molecule has 0 unspecified atom stereocenters. The van der Waals surface area contributed by atoms with Crippen LogP contribution in [0.3, 0.4) is 0 Å². The van der Waals surface area contributed by atoms with Gasteiger partial charge in [0.2, 0.25) is 5.90 Å². The molecule has 1 aliphatic heterocycles. The van der Waals surface area contributed by atoms with Gasteiger partial charge in [0.25, 0.3) is 0 Å². The Morgan fingerprint density at radius 3 is 2.86 bits per heavy atom. The van der Waals surface area contributed by atoms with E-state index in [0.29, 0.717) is 17.1 Å². The van der Waals surface area contributed by atoms with Crippen molar-refractivity contribution in [2.45, 2.75) is 0 Å². The third-order valence-electron chi connectivity index (χ3n) is 2.81. The molecule has 0 spiro atoms. The molecule has 3 rings (SSSR count). The fraction of sp³-hybridized carbons (Fsp3) is 0.0667. The predicted molar refractivity (Wildman–Crippen MR) is 85.0 cm³/mol. The van der Waals surface area contributed by atoms with E-state index in [1.807, 2.05) is 6.07 Å². The second-order valence-corrected chi connectivity index (χ2v) is 5.27. The summed E-state index contributed by atoms with van der Waals surface area (Å²) in [6.45, 7) is 0. The summed E-state index contributed by atoms with van der Waals surface area (Å²) in [4.78, 5) is 16.1. The number of halogens is 1. The van der Waals surface area contributed by atoms with Crippen LogP contribution in [0.2, 0.25) is 0 Å². The van der Waals surface area contributed by atoms with E-state index in [9.17, 15) is 4.79 Å². The maximum atomic E-state index is 11.8. The highest BCUT2D eigenvalue weighted by Gasteiger charge is 2.24. The largest absolute Gasteiger partial charge is 0.497 e. The zero-order valence-corrected chi connectivity index (χ0v) is 13.2. The van der Waals surface area contributed by atoms with Gasteiger partial charge in [-0.3, -0.25) is 0 Å². The van der Waals surface area contributed by atoms with Crippen LogP contribution in [0.25, 0.3) is 6.08 Å². The van der Waals surface area contributed by atoms with Gasteiger partial charge in [0.1, 0.15) is 11.5 Å². The molecule has 1 aromatic heterocycles. The molecule has 1 aliphatic rings. The maximum absolute atomic E-state index is 11.8. The summed E-state index contributed by atoms with van der Waals surface area (Å²) >= 11 is 2.05. The highest BCUT2D eigenvalue weighted by atomic mass is 127. The quantitative estimate of drug-likeness (QED) is 0.455. The Hall–Kier alpha value is -2.09. The van der Waals surface area contributed by atoms with Gasteiger partial charge in [-0.15, -0.1) is 0 Å². The van der Waals surface area contributed by atoms with Crippen molar-refractivity contribution in [3.63, 3.8) is 0 Å². The van der Waals surface area contributed by atoms with Crippen LogP contribution in [0, 0.1) is 3.77 Å². The Bertz CT molecular complexity index is 761. The van der Waals surface area contributed by atoms with Crippen molar-refractivity contribution >= 4 is 40.5 Å². The lowest BCUT2D eigenvalue weighted by Gasteiger charge is -2.02. The van der Waals surface area contributed by atoms with Gasteiger partial charge in [-0.05, 0) is 52.9 Å². The second kappa shape index (κ2) is 5.72. The molecule has 0 saturated heterocycles. The Labute approximate surface area is 134 Å². The van der Waals surface area contributed by atoms with Gasteiger partial charge in [0.05, 0.1) is 7.11 Å². The lowest BCUT2D eigenvalue weighted by molar-refractivity contribution is -0.129. The van der Waals surface area contributed by atoms with E-state index in [1.54, 1.807) is 43.5 Å². The summed E-state index contributed by atoms with van der Waals surface area (Å²) < 4.78 is 16.4. The van der Waals surface area contributed by atoms with Crippen molar-refractivity contribution in [1.82, 2.24) is 0 Å². The zero-order chi connectivity index (χ0) is 14.8. The van der Waals surface area contributed by atoms with Crippen molar-refractivity contribution in [3.05, 3.63) is 57.2 Å². The molecular weight excluding hydrogens is 385 g/mol. The first-order valence-corrected chi connectivity index (χ1v) is 7.16. The van der Waals surface area contributed by atoms with Gasteiger partial charge >= 0.3 is 5.97 Å². The monoisotopic (exact) mass is 395 g/mol. The number of nitrogens with zero attached hydrogens (tertiary/aromatic N) is 1. The molecule has 0 amide bonds. The highest BCUT2D eigenvalue weighted by molar-refractivity contribution is 14.1. The average Bonchev–Trinajstić information content (AvgIpc) is 3.06. The van der Waals surface area contributed by atoms with Crippen molar-refractivity contribution in [2.75, 3.05) is 7.11 Å². The van der Waals surface area contributed by atoms with Gasteiger partial charge in [-0.1, -0.05) is 6.07 Å². The average molecular weight is 395 g/mol. The number of benzene rings is 1. The van der Waals surface area contributed by atoms with Crippen LogP contribution in [0.5, 0.6) is 5.75 Å². The third-order valence-corrected chi connectivity index (χ3v) is 3.39. The third kappa shape index (κ3) is 2.99. The van der Waals surface area contributed by atoms with Gasteiger partial charge in [0.15, 0.2) is 9.46 Å². The lowest BCUT2D eigenvalue weighted by Crippen LogP contribution is -2.05. The van der Waals surface area contributed by atoms with Gasteiger partial charge in [0, 0.05) is 11.6 Å². The van der Waals surface area contributed by atoms with Crippen molar-refractivity contribution in [3.8, 4) is 5.75 Å². The molecule has 0 aliphatic carbocycles. The number of carbonyl (C=O) groups is 1.